The molecular weight excluding hydrogens is 238 g/mol. The second-order valence-electron chi connectivity index (χ2n) is 2.42. The van der Waals surface area contributed by atoms with Gasteiger partial charge in [0.2, 0.25) is 6.54 Å². The molecule has 70 valence electrons. The monoisotopic (exact) mass is 245 g/mol. The minimum absolute atomic E-state index is 0.197. The topological polar surface area (TPSA) is 52.4 Å². The first-order valence-electron chi connectivity index (χ1n) is 3.58. The van der Waals surface area contributed by atoms with E-state index in [1.807, 2.05) is 0 Å². The molecule has 0 aromatic heterocycles. The van der Waals surface area contributed by atoms with Crippen LogP contribution >= 0.6 is 15.9 Å². The Balaban J connectivity index is 3.01. The van der Waals surface area contributed by atoms with Crippen LogP contribution in [0.2, 0.25) is 0 Å². The molecule has 1 aromatic rings. The standard InChI is InChI=1S/C8H8BrNO3/c1-13-7-4-2-3-6(8(7)9)5-10(11)12/h2-4H,5H2,1H3. The fourth-order valence-electron chi connectivity index (χ4n) is 0.975. The number of benzene rings is 1. The van der Waals surface area contributed by atoms with Gasteiger partial charge in [0.25, 0.3) is 0 Å². The van der Waals surface area contributed by atoms with Gasteiger partial charge in [-0.25, -0.2) is 0 Å². The van der Waals surface area contributed by atoms with Gasteiger partial charge < -0.3 is 4.74 Å². The summed E-state index contributed by atoms with van der Waals surface area (Å²) < 4.78 is 5.65. The number of ether oxygens (including phenoxy) is 1. The first-order chi connectivity index (χ1) is 6.15. The van der Waals surface area contributed by atoms with E-state index in [-0.39, 0.29) is 11.5 Å². The Kier molecular flexibility index (Phi) is 3.25. The SMILES string of the molecule is COc1cccc(C[N+](=O)[O-])c1Br. The Labute approximate surface area is 83.8 Å². The van der Waals surface area contributed by atoms with Crippen molar-refractivity contribution < 1.29 is 9.66 Å². The maximum atomic E-state index is 10.3. The highest BCUT2D eigenvalue weighted by Gasteiger charge is 2.09. The molecule has 0 aliphatic carbocycles. The third-order valence-corrected chi connectivity index (χ3v) is 2.46. The Morgan fingerprint density at radius 1 is 1.62 bits per heavy atom. The molecular formula is C8H8BrNO3. The number of nitrogens with zero attached hydrogens (tertiary/aromatic N) is 1. The predicted molar refractivity (Wildman–Crippen MR) is 51.4 cm³/mol. The van der Waals surface area contributed by atoms with E-state index in [1.54, 1.807) is 18.2 Å². The molecule has 0 spiro atoms. The second-order valence-corrected chi connectivity index (χ2v) is 3.22. The van der Waals surface area contributed by atoms with Gasteiger partial charge in [0, 0.05) is 10.5 Å². The van der Waals surface area contributed by atoms with E-state index >= 15 is 0 Å². The van der Waals surface area contributed by atoms with E-state index in [2.05, 4.69) is 15.9 Å². The Morgan fingerprint density at radius 3 is 2.85 bits per heavy atom. The number of hydrogen-bond donors (Lipinski definition) is 0. The van der Waals surface area contributed by atoms with Crippen molar-refractivity contribution in [2.24, 2.45) is 0 Å². The maximum Gasteiger partial charge on any atom is 0.230 e. The molecule has 4 nitrogen and oxygen atoms in total. The van der Waals surface area contributed by atoms with E-state index < -0.39 is 0 Å². The molecule has 0 amide bonds. The third-order valence-electron chi connectivity index (χ3n) is 1.56. The molecule has 0 aliphatic heterocycles. The molecule has 0 fully saturated rings. The van der Waals surface area contributed by atoms with Crippen molar-refractivity contribution in [1.82, 2.24) is 0 Å². The van der Waals surface area contributed by atoms with Crippen molar-refractivity contribution in [3.8, 4) is 5.75 Å². The van der Waals surface area contributed by atoms with Crippen LogP contribution in [-0.2, 0) is 6.54 Å². The van der Waals surface area contributed by atoms with Crippen LogP contribution in [0.1, 0.15) is 5.56 Å². The second kappa shape index (κ2) is 4.23. The highest BCUT2D eigenvalue weighted by molar-refractivity contribution is 9.10. The van der Waals surface area contributed by atoms with Crippen LogP contribution in [0.5, 0.6) is 5.75 Å². The Morgan fingerprint density at radius 2 is 2.31 bits per heavy atom. The fourth-order valence-corrected chi connectivity index (χ4v) is 1.53. The van der Waals surface area contributed by atoms with E-state index in [0.717, 1.165) is 0 Å². The van der Waals surface area contributed by atoms with Crippen molar-refractivity contribution in [3.05, 3.63) is 38.3 Å². The van der Waals surface area contributed by atoms with Gasteiger partial charge in [0.15, 0.2) is 0 Å². The van der Waals surface area contributed by atoms with Crippen LogP contribution in [0.4, 0.5) is 0 Å². The molecule has 0 radical (unpaired) electrons. The average molecular weight is 246 g/mol. The molecule has 13 heavy (non-hydrogen) atoms. The van der Waals surface area contributed by atoms with E-state index in [0.29, 0.717) is 15.8 Å². The lowest BCUT2D eigenvalue weighted by Crippen LogP contribution is -1.99. The van der Waals surface area contributed by atoms with Gasteiger partial charge in [0.05, 0.1) is 11.6 Å². The van der Waals surface area contributed by atoms with Crippen LogP contribution in [0.15, 0.2) is 22.7 Å². The molecule has 1 rings (SSSR count). The largest absolute Gasteiger partial charge is 0.496 e. The van der Waals surface area contributed by atoms with Gasteiger partial charge >= 0.3 is 0 Å². The van der Waals surface area contributed by atoms with E-state index in [1.165, 1.54) is 7.11 Å². The first-order valence-corrected chi connectivity index (χ1v) is 4.37. The van der Waals surface area contributed by atoms with Crippen molar-refractivity contribution in [2.75, 3.05) is 7.11 Å². The van der Waals surface area contributed by atoms with Gasteiger partial charge in [-0.1, -0.05) is 12.1 Å². The molecule has 1 aromatic carbocycles. The number of halogens is 1. The molecule has 0 bridgehead atoms. The van der Waals surface area contributed by atoms with Crippen molar-refractivity contribution >= 4 is 15.9 Å². The number of methoxy groups -OCH3 is 1. The summed E-state index contributed by atoms with van der Waals surface area (Å²) in [4.78, 5) is 9.89. The van der Waals surface area contributed by atoms with Gasteiger partial charge in [-0.05, 0) is 22.0 Å². The van der Waals surface area contributed by atoms with Crippen LogP contribution < -0.4 is 4.74 Å². The lowest BCUT2D eigenvalue weighted by Gasteiger charge is -2.04. The van der Waals surface area contributed by atoms with Gasteiger partial charge in [-0.2, -0.15) is 0 Å². The lowest BCUT2D eigenvalue weighted by atomic mass is 10.2. The molecule has 0 N–H and O–H groups in total. The van der Waals surface area contributed by atoms with Crippen LogP contribution in [0.25, 0.3) is 0 Å². The number of nitro groups is 1. The van der Waals surface area contributed by atoms with E-state index in [9.17, 15) is 10.1 Å². The fraction of sp³-hybridized carbons (Fsp3) is 0.250. The summed E-state index contributed by atoms with van der Waals surface area (Å²) in [5.74, 6) is 0.611. The highest BCUT2D eigenvalue weighted by Crippen LogP contribution is 2.28. The zero-order valence-corrected chi connectivity index (χ0v) is 8.58. The van der Waals surface area contributed by atoms with Crippen molar-refractivity contribution in [2.45, 2.75) is 6.54 Å². The van der Waals surface area contributed by atoms with Gasteiger partial charge in [-0.15, -0.1) is 0 Å². The quantitative estimate of drug-likeness (QED) is 0.607. The number of rotatable bonds is 3. The summed E-state index contributed by atoms with van der Waals surface area (Å²) in [5, 5.41) is 10.3. The van der Waals surface area contributed by atoms with E-state index in [4.69, 9.17) is 4.74 Å². The Bertz CT molecular complexity index is 327. The summed E-state index contributed by atoms with van der Waals surface area (Å²) in [7, 11) is 1.52. The average Bonchev–Trinajstić information content (AvgIpc) is 2.08. The summed E-state index contributed by atoms with van der Waals surface area (Å²) in [6.07, 6.45) is 0. The zero-order chi connectivity index (χ0) is 9.84. The summed E-state index contributed by atoms with van der Waals surface area (Å²) in [6.45, 7) is -0.197. The van der Waals surface area contributed by atoms with Crippen LogP contribution in [-0.4, -0.2) is 12.0 Å². The number of hydrogen-bond acceptors (Lipinski definition) is 3. The minimum Gasteiger partial charge on any atom is -0.496 e. The van der Waals surface area contributed by atoms with Crippen molar-refractivity contribution in [1.29, 1.82) is 0 Å². The summed E-state index contributed by atoms with van der Waals surface area (Å²) in [5.41, 5.74) is 0.615. The summed E-state index contributed by atoms with van der Waals surface area (Å²) in [6, 6.07) is 5.16. The normalized spacial score (nSPS) is 9.69. The molecule has 5 heteroatoms. The Hall–Kier alpha value is -1.10. The minimum atomic E-state index is -0.375. The zero-order valence-electron chi connectivity index (χ0n) is 6.99. The lowest BCUT2D eigenvalue weighted by molar-refractivity contribution is -0.497. The van der Waals surface area contributed by atoms with Crippen molar-refractivity contribution in [3.63, 3.8) is 0 Å². The molecule has 0 saturated heterocycles. The maximum absolute atomic E-state index is 10.3. The highest BCUT2D eigenvalue weighted by atomic mass is 79.9. The van der Waals surface area contributed by atoms with Crippen LogP contribution in [0, 0.1) is 10.1 Å². The predicted octanol–water partition coefficient (Wildman–Crippen LogP) is 2.23. The molecule has 0 aliphatic rings. The van der Waals surface area contributed by atoms with Gasteiger partial charge in [-0.3, -0.25) is 10.1 Å². The molecule has 0 saturated carbocycles. The smallest absolute Gasteiger partial charge is 0.230 e. The molecule has 0 heterocycles. The van der Waals surface area contributed by atoms with Crippen LogP contribution in [0.3, 0.4) is 0 Å². The summed E-state index contributed by atoms with van der Waals surface area (Å²) >= 11 is 3.24. The molecule has 0 unspecified atom stereocenters. The third kappa shape index (κ3) is 2.42. The van der Waals surface area contributed by atoms with Gasteiger partial charge in [0.1, 0.15) is 5.75 Å². The first kappa shape index (κ1) is 9.98. The molecule has 0 atom stereocenters.